The fraction of sp³-hybridized carbons (Fsp3) is 0.391. The Bertz CT molecular complexity index is 1100. The molecule has 0 spiro atoms. The highest BCUT2D eigenvalue weighted by molar-refractivity contribution is 5.82. The summed E-state index contributed by atoms with van der Waals surface area (Å²) in [7, 11) is 0. The molecule has 156 valence electrons. The van der Waals surface area contributed by atoms with Crippen molar-refractivity contribution < 1.29 is 4.79 Å². The van der Waals surface area contributed by atoms with Crippen LogP contribution in [0.25, 0.3) is 0 Å². The zero-order valence-corrected chi connectivity index (χ0v) is 17.5. The normalized spacial score (nSPS) is 15.6. The van der Waals surface area contributed by atoms with Gasteiger partial charge in [0, 0.05) is 31.4 Å². The topological polar surface area (TPSA) is 81.8 Å². The highest BCUT2D eigenvalue weighted by Crippen LogP contribution is 2.24. The van der Waals surface area contributed by atoms with E-state index in [1.54, 1.807) is 10.8 Å². The fourth-order valence-electron chi connectivity index (χ4n) is 3.97. The molecule has 0 bridgehead atoms. The highest BCUT2D eigenvalue weighted by atomic mass is 16.2. The third-order valence-electron chi connectivity index (χ3n) is 5.69. The van der Waals surface area contributed by atoms with E-state index in [2.05, 4.69) is 33.6 Å². The minimum Gasteiger partial charge on any atom is -0.355 e. The number of fused-ring (bicyclic) bond motifs is 1. The number of carbonyl (C=O) groups excluding carboxylic acids is 1. The predicted molar refractivity (Wildman–Crippen MR) is 114 cm³/mol. The molecule has 7 heteroatoms. The molecule has 0 saturated carbocycles. The molecule has 1 aliphatic rings. The van der Waals surface area contributed by atoms with Crippen LogP contribution >= 0.6 is 0 Å². The number of nitrogens with zero attached hydrogens (tertiary/aromatic N) is 4. The molecular formula is C23H27N5O2. The van der Waals surface area contributed by atoms with Crippen LogP contribution in [0.1, 0.15) is 47.0 Å². The van der Waals surface area contributed by atoms with E-state index < -0.39 is 5.92 Å². The Balaban J connectivity index is 1.49. The minimum absolute atomic E-state index is 0.0734. The van der Waals surface area contributed by atoms with Gasteiger partial charge >= 0.3 is 5.69 Å². The van der Waals surface area contributed by atoms with Crippen LogP contribution in [0, 0.1) is 13.8 Å². The van der Waals surface area contributed by atoms with Crippen molar-refractivity contribution in [3.63, 3.8) is 0 Å². The monoisotopic (exact) mass is 405 g/mol. The summed E-state index contributed by atoms with van der Waals surface area (Å²) in [5.74, 6) is 0.109. The molecule has 0 aliphatic carbocycles. The Labute approximate surface area is 175 Å². The molecule has 1 unspecified atom stereocenters. The van der Waals surface area contributed by atoms with Crippen LogP contribution in [0.3, 0.4) is 0 Å². The number of hydrogen-bond acceptors (Lipinski definition) is 4. The van der Waals surface area contributed by atoms with E-state index in [9.17, 15) is 9.59 Å². The third-order valence-corrected chi connectivity index (χ3v) is 5.69. The van der Waals surface area contributed by atoms with Crippen LogP contribution in [-0.2, 0) is 24.3 Å². The molecule has 1 aliphatic heterocycles. The number of pyridine rings is 1. The van der Waals surface area contributed by atoms with Crippen LogP contribution < -0.4 is 11.0 Å². The zero-order chi connectivity index (χ0) is 21.1. The molecule has 1 aromatic carbocycles. The summed E-state index contributed by atoms with van der Waals surface area (Å²) in [6.45, 7) is 5.61. The van der Waals surface area contributed by atoms with E-state index in [0.29, 0.717) is 38.3 Å². The van der Waals surface area contributed by atoms with E-state index in [1.165, 1.54) is 4.68 Å². The second kappa shape index (κ2) is 8.65. The van der Waals surface area contributed by atoms with Crippen LogP contribution in [0.15, 0.2) is 47.4 Å². The van der Waals surface area contributed by atoms with Gasteiger partial charge in [-0.25, -0.2) is 9.48 Å². The summed E-state index contributed by atoms with van der Waals surface area (Å²) in [6, 6.07) is 12.0. The Hall–Kier alpha value is -3.22. The summed E-state index contributed by atoms with van der Waals surface area (Å²) in [6.07, 6.45) is 3.92. The predicted octanol–water partition coefficient (Wildman–Crippen LogP) is 2.34. The number of hydrogen-bond donors (Lipinski definition) is 1. The Kier molecular flexibility index (Phi) is 5.79. The molecule has 4 rings (SSSR count). The Morgan fingerprint density at radius 1 is 1.23 bits per heavy atom. The second-order valence-corrected chi connectivity index (χ2v) is 7.94. The maximum absolute atomic E-state index is 12.9. The molecule has 0 saturated heterocycles. The number of rotatable bonds is 6. The first kappa shape index (κ1) is 20.1. The van der Waals surface area contributed by atoms with Crippen molar-refractivity contribution in [3.05, 3.63) is 81.3 Å². The van der Waals surface area contributed by atoms with Gasteiger partial charge in [0.15, 0.2) is 0 Å². The van der Waals surface area contributed by atoms with Crippen LogP contribution in [0.2, 0.25) is 0 Å². The third kappa shape index (κ3) is 4.20. The standard InChI is InChI=1S/C23H27N5O2/c1-16-8-9-17(2)18(14-16)15-28-23(30)27-13-5-7-20(21(27)26-28)22(29)25-12-10-19-6-3-4-11-24-19/h3-4,6,8-9,11,14,20H,5,7,10,12-13,15H2,1-2H3,(H,25,29). The summed E-state index contributed by atoms with van der Waals surface area (Å²) in [5.41, 5.74) is 4.15. The van der Waals surface area contributed by atoms with Crippen molar-refractivity contribution in [1.82, 2.24) is 24.6 Å². The molecule has 1 N–H and O–H groups in total. The summed E-state index contributed by atoms with van der Waals surface area (Å²) in [5, 5.41) is 7.57. The van der Waals surface area contributed by atoms with Gasteiger partial charge < -0.3 is 5.32 Å². The molecule has 1 amide bonds. The van der Waals surface area contributed by atoms with Gasteiger partial charge in [0.2, 0.25) is 5.91 Å². The maximum Gasteiger partial charge on any atom is 0.346 e. The number of benzene rings is 1. The van der Waals surface area contributed by atoms with Crippen molar-refractivity contribution >= 4 is 5.91 Å². The lowest BCUT2D eigenvalue weighted by Crippen LogP contribution is -2.36. The first-order valence-corrected chi connectivity index (χ1v) is 10.4. The minimum atomic E-state index is -0.393. The molecule has 30 heavy (non-hydrogen) atoms. The Morgan fingerprint density at radius 3 is 2.90 bits per heavy atom. The molecule has 0 radical (unpaired) electrons. The lowest BCUT2D eigenvalue weighted by atomic mass is 9.98. The SMILES string of the molecule is Cc1ccc(C)c(Cn2nc3n(c2=O)CCCC3C(=O)NCCc2ccccn2)c1. The lowest BCUT2D eigenvalue weighted by Gasteiger charge is -2.21. The second-order valence-electron chi connectivity index (χ2n) is 7.94. The summed E-state index contributed by atoms with van der Waals surface area (Å²) in [4.78, 5) is 30.0. The number of aryl methyl sites for hydroxylation is 2. The van der Waals surface area contributed by atoms with Crippen LogP contribution in [0.5, 0.6) is 0 Å². The molecule has 3 aromatic rings. The van der Waals surface area contributed by atoms with E-state index in [-0.39, 0.29) is 11.6 Å². The van der Waals surface area contributed by atoms with Crippen molar-refractivity contribution in [2.45, 2.75) is 52.1 Å². The molecular weight excluding hydrogens is 378 g/mol. The van der Waals surface area contributed by atoms with Crippen molar-refractivity contribution in [2.24, 2.45) is 0 Å². The molecule has 0 fully saturated rings. The number of aromatic nitrogens is 4. The van der Waals surface area contributed by atoms with Gasteiger partial charge in [-0.1, -0.05) is 29.8 Å². The average molecular weight is 406 g/mol. The van der Waals surface area contributed by atoms with E-state index in [4.69, 9.17) is 0 Å². The van der Waals surface area contributed by atoms with Gasteiger partial charge in [-0.3, -0.25) is 14.3 Å². The van der Waals surface area contributed by atoms with Gasteiger partial charge in [0.1, 0.15) is 5.82 Å². The quantitative estimate of drug-likeness (QED) is 0.683. The molecule has 1 atom stereocenters. The molecule has 7 nitrogen and oxygen atoms in total. The summed E-state index contributed by atoms with van der Waals surface area (Å²) >= 11 is 0. The van der Waals surface area contributed by atoms with Crippen molar-refractivity contribution in [1.29, 1.82) is 0 Å². The largest absolute Gasteiger partial charge is 0.355 e. The van der Waals surface area contributed by atoms with Crippen molar-refractivity contribution in [2.75, 3.05) is 6.54 Å². The van der Waals surface area contributed by atoms with Crippen LogP contribution in [-0.4, -0.2) is 31.8 Å². The first-order valence-electron chi connectivity index (χ1n) is 10.4. The van der Waals surface area contributed by atoms with Gasteiger partial charge in [-0.2, -0.15) is 5.10 Å². The number of nitrogens with one attached hydrogen (secondary N) is 1. The lowest BCUT2D eigenvalue weighted by molar-refractivity contribution is -0.123. The molecule has 2 aromatic heterocycles. The van der Waals surface area contributed by atoms with Crippen LogP contribution in [0.4, 0.5) is 0 Å². The fourth-order valence-corrected chi connectivity index (χ4v) is 3.97. The van der Waals surface area contributed by atoms with E-state index >= 15 is 0 Å². The number of amides is 1. The van der Waals surface area contributed by atoms with E-state index in [1.807, 2.05) is 32.0 Å². The Morgan fingerprint density at radius 2 is 2.10 bits per heavy atom. The van der Waals surface area contributed by atoms with Gasteiger partial charge in [-0.05, 0) is 49.9 Å². The van der Waals surface area contributed by atoms with E-state index in [0.717, 1.165) is 28.8 Å². The summed E-state index contributed by atoms with van der Waals surface area (Å²) < 4.78 is 3.16. The van der Waals surface area contributed by atoms with Gasteiger partial charge in [-0.15, -0.1) is 0 Å². The first-order chi connectivity index (χ1) is 14.5. The average Bonchev–Trinajstić information content (AvgIpc) is 3.07. The molecule has 3 heterocycles. The smallest absolute Gasteiger partial charge is 0.346 e. The maximum atomic E-state index is 12.9. The number of carbonyl (C=O) groups is 1. The highest BCUT2D eigenvalue weighted by Gasteiger charge is 2.31. The van der Waals surface area contributed by atoms with Gasteiger partial charge in [0.25, 0.3) is 0 Å². The zero-order valence-electron chi connectivity index (χ0n) is 17.5. The van der Waals surface area contributed by atoms with Gasteiger partial charge in [0.05, 0.1) is 12.5 Å². The van der Waals surface area contributed by atoms with Crippen molar-refractivity contribution in [3.8, 4) is 0 Å².